The molecule has 9 nitrogen and oxygen atoms in total. The second-order valence-electron chi connectivity index (χ2n) is 9.05. The molecule has 0 bridgehead atoms. The highest BCUT2D eigenvalue weighted by molar-refractivity contribution is 6.38. The van der Waals surface area contributed by atoms with Gasteiger partial charge in [-0.2, -0.15) is 0 Å². The zero-order valence-corrected chi connectivity index (χ0v) is 17.8. The van der Waals surface area contributed by atoms with Gasteiger partial charge in [-0.1, -0.05) is 16.8 Å². The van der Waals surface area contributed by atoms with Crippen LogP contribution in [0.1, 0.15) is 43.9 Å². The van der Waals surface area contributed by atoms with Gasteiger partial charge in [0.2, 0.25) is 11.8 Å². The van der Waals surface area contributed by atoms with Crippen molar-refractivity contribution < 1.29 is 23.6 Å². The fourth-order valence-corrected chi connectivity index (χ4v) is 5.98. The van der Waals surface area contributed by atoms with Crippen LogP contribution in [0.4, 0.5) is 10.5 Å². The summed E-state index contributed by atoms with van der Waals surface area (Å²) in [6, 6.07) is 0.504. The number of urea groups is 1. The summed E-state index contributed by atoms with van der Waals surface area (Å²) in [6.45, 7) is 4.21. The minimum Gasteiger partial charge on any atom is -0.372 e. The van der Waals surface area contributed by atoms with Crippen molar-refractivity contribution in [1.29, 1.82) is 0 Å². The number of imide groups is 2. The highest BCUT2D eigenvalue weighted by Crippen LogP contribution is 2.52. The molecule has 1 aromatic heterocycles. The number of halogens is 1. The van der Waals surface area contributed by atoms with Gasteiger partial charge in [0.25, 0.3) is 0 Å². The van der Waals surface area contributed by atoms with E-state index in [4.69, 9.17) is 20.9 Å². The second-order valence-corrected chi connectivity index (χ2v) is 9.43. The number of benzene rings is 1. The molecule has 1 aliphatic carbocycles. The molecule has 4 amide bonds. The first kappa shape index (κ1) is 19.1. The predicted octanol–water partition coefficient (Wildman–Crippen LogP) is 2.25. The molecule has 0 radical (unpaired) electrons. The van der Waals surface area contributed by atoms with E-state index in [0.717, 1.165) is 35.2 Å². The molecule has 1 saturated carbocycles. The number of rotatable bonds is 1. The molecule has 3 atom stereocenters. The summed E-state index contributed by atoms with van der Waals surface area (Å²) < 4.78 is 11.7. The van der Waals surface area contributed by atoms with Gasteiger partial charge in [-0.25, -0.2) is 4.79 Å². The average Bonchev–Trinajstić information content (AvgIpc) is 3.44. The Hall–Kier alpha value is -2.65. The minimum absolute atomic E-state index is 0.0987. The summed E-state index contributed by atoms with van der Waals surface area (Å²) >= 11 is 6.87. The molecule has 31 heavy (non-hydrogen) atoms. The van der Waals surface area contributed by atoms with Gasteiger partial charge in [-0.05, 0) is 44.7 Å². The number of amides is 4. The number of hydrogen-bond donors (Lipinski definition) is 2. The van der Waals surface area contributed by atoms with E-state index < -0.39 is 35.4 Å². The number of anilines is 1. The lowest BCUT2D eigenvalue weighted by atomic mass is 9.66. The van der Waals surface area contributed by atoms with Crippen LogP contribution in [0.15, 0.2) is 10.6 Å². The number of nitrogens with one attached hydrogen (secondary N) is 2. The lowest BCUT2D eigenvalue weighted by Gasteiger charge is -2.55. The molecule has 2 saturated heterocycles. The van der Waals surface area contributed by atoms with Gasteiger partial charge < -0.3 is 14.2 Å². The van der Waals surface area contributed by atoms with Gasteiger partial charge in [-0.15, -0.1) is 0 Å². The maximum atomic E-state index is 13.2. The number of morpholine rings is 1. The number of carbonyl (C=O) groups is 3. The van der Waals surface area contributed by atoms with Crippen molar-refractivity contribution in [1.82, 2.24) is 15.8 Å². The van der Waals surface area contributed by atoms with Gasteiger partial charge in [0.15, 0.2) is 11.0 Å². The van der Waals surface area contributed by atoms with E-state index in [2.05, 4.69) is 15.8 Å². The summed E-state index contributed by atoms with van der Waals surface area (Å²) in [6.07, 6.45) is 1.60. The normalized spacial score (nSPS) is 29.6. The van der Waals surface area contributed by atoms with Crippen LogP contribution >= 0.6 is 11.6 Å². The van der Waals surface area contributed by atoms with E-state index >= 15 is 0 Å². The zero-order chi connectivity index (χ0) is 21.7. The predicted molar refractivity (Wildman–Crippen MR) is 110 cm³/mol. The molecule has 3 fully saturated rings. The van der Waals surface area contributed by atoms with Crippen LogP contribution < -0.4 is 15.5 Å². The zero-order valence-electron chi connectivity index (χ0n) is 17.0. The lowest BCUT2D eigenvalue weighted by Crippen LogP contribution is -2.75. The van der Waals surface area contributed by atoms with Crippen molar-refractivity contribution in [2.24, 2.45) is 5.41 Å². The molecule has 10 heteroatoms. The Morgan fingerprint density at radius 3 is 2.58 bits per heavy atom. The summed E-state index contributed by atoms with van der Waals surface area (Å²) in [7, 11) is 0. The molecule has 162 valence electrons. The summed E-state index contributed by atoms with van der Waals surface area (Å²) in [5.41, 5.74) is 1.38. The fourth-order valence-electron chi connectivity index (χ4n) is 5.62. The summed E-state index contributed by atoms with van der Waals surface area (Å²) in [4.78, 5) is 40.3. The molecule has 0 unspecified atom stereocenters. The maximum absolute atomic E-state index is 13.2. The molecule has 2 N–H and O–H groups in total. The van der Waals surface area contributed by atoms with E-state index in [-0.39, 0.29) is 12.5 Å². The molecule has 3 aliphatic heterocycles. The standard InChI is InChI=1S/C21H21ClN4O5/c1-8-7-26-15-11(5-12-14(10-3-4-10)25-31-16(12)13(15)22)6-21(17(26)9(2)30-8)18(27)23-20(29)24-19(21)28/h5,8-10,17H,3-4,6-7H2,1-2H3,(H2,23,24,27,28,29)/t8-,9+,17-/m0/s1. The number of hydrogen-bond acceptors (Lipinski definition) is 7. The van der Waals surface area contributed by atoms with E-state index in [0.29, 0.717) is 23.1 Å². The largest absolute Gasteiger partial charge is 0.372 e. The summed E-state index contributed by atoms with van der Waals surface area (Å²) in [5.74, 6) is -0.880. The lowest BCUT2D eigenvalue weighted by molar-refractivity contribution is -0.153. The molecule has 4 aliphatic rings. The fraction of sp³-hybridized carbons (Fsp3) is 0.524. The molecule has 1 spiro atoms. The Morgan fingerprint density at radius 2 is 1.90 bits per heavy atom. The van der Waals surface area contributed by atoms with Gasteiger partial charge in [0.05, 0.1) is 29.6 Å². The molecule has 6 rings (SSSR count). The maximum Gasteiger partial charge on any atom is 0.328 e. The third-order valence-corrected chi connectivity index (χ3v) is 7.31. The smallest absolute Gasteiger partial charge is 0.328 e. The Balaban J connectivity index is 1.61. The van der Waals surface area contributed by atoms with Crippen molar-refractivity contribution >= 4 is 46.1 Å². The highest BCUT2D eigenvalue weighted by atomic mass is 35.5. The molecular weight excluding hydrogens is 424 g/mol. The van der Waals surface area contributed by atoms with Crippen LogP contribution in [0.2, 0.25) is 5.02 Å². The number of carbonyl (C=O) groups excluding carboxylic acids is 3. The molecule has 1 aromatic carbocycles. The highest BCUT2D eigenvalue weighted by Gasteiger charge is 2.63. The van der Waals surface area contributed by atoms with Crippen LogP contribution in [0, 0.1) is 5.41 Å². The van der Waals surface area contributed by atoms with Crippen LogP contribution in [0.3, 0.4) is 0 Å². The minimum atomic E-state index is -1.52. The summed E-state index contributed by atoms with van der Waals surface area (Å²) in [5, 5.41) is 10.1. The number of nitrogens with zero attached hydrogens (tertiary/aromatic N) is 2. The van der Waals surface area contributed by atoms with E-state index in [1.807, 2.05) is 24.8 Å². The molecule has 2 aromatic rings. The second kappa shape index (κ2) is 6.20. The van der Waals surface area contributed by atoms with Crippen molar-refractivity contribution in [3.05, 3.63) is 22.3 Å². The number of ether oxygens (including phenoxy) is 1. The Morgan fingerprint density at radius 1 is 1.19 bits per heavy atom. The number of barbiturate groups is 1. The van der Waals surface area contributed by atoms with E-state index in [1.54, 1.807) is 0 Å². The topological polar surface area (TPSA) is 114 Å². The van der Waals surface area contributed by atoms with Crippen molar-refractivity contribution in [2.75, 3.05) is 11.4 Å². The first-order valence-electron chi connectivity index (χ1n) is 10.5. The SMILES string of the molecule is C[C@H]1CN2c3c(cc4c(C5CC5)noc4c3Cl)CC3(C(=O)NC(=O)NC3=O)[C@@H]2[C@@H](C)O1. The van der Waals surface area contributed by atoms with E-state index in [9.17, 15) is 14.4 Å². The first-order chi connectivity index (χ1) is 14.8. The van der Waals surface area contributed by atoms with Crippen LogP contribution in [-0.2, 0) is 20.7 Å². The number of aromatic nitrogens is 1. The van der Waals surface area contributed by atoms with Crippen molar-refractivity contribution in [3.8, 4) is 0 Å². The van der Waals surface area contributed by atoms with Gasteiger partial charge in [0, 0.05) is 17.8 Å². The van der Waals surface area contributed by atoms with Crippen LogP contribution in [-0.4, -0.2) is 47.8 Å². The third kappa shape index (κ3) is 2.47. The molecule has 4 heterocycles. The van der Waals surface area contributed by atoms with Gasteiger partial charge in [0.1, 0.15) is 5.02 Å². The van der Waals surface area contributed by atoms with Gasteiger partial charge >= 0.3 is 6.03 Å². The Bertz CT molecular complexity index is 1150. The third-order valence-electron chi connectivity index (χ3n) is 6.96. The Kier molecular flexibility index (Phi) is 3.81. The van der Waals surface area contributed by atoms with Crippen LogP contribution in [0.25, 0.3) is 11.0 Å². The molecular formula is C21H21ClN4O5. The van der Waals surface area contributed by atoms with E-state index in [1.165, 1.54) is 0 Å². The van der Waals surface area contributed by atoms with Crippen LogP contribution in [0.5, 0.6) is 0 Å². The first-order valence-corrected chi connectivity index (χ1v) is 10.9. The number of fused-ring (bicyclic) bond motifs is 5. The quantitative estimate of drug-likeness (QED) is 0.648. The van der Waals surface area contributed by atoms with Crippen molar-refractivity contribution in [2.45, 2.75) is 57.3 Å². The van der Waals surface area contributed by atoms with Gasteiger partial charge in [-0.3, -0.25) is 20.2 Å². The van der Waals surface area contributed by atoms with Crippen molar-refractivity contribution in [3.63, 3.8) is 0 Å². The average molecular weight is 445 g/mol. The monoisotopic (exact) mass is 444 g/mol. The Labute approximate surface area is 182 Å².